The molecule has 5 rings (SSSR count). The van der Waals surface area contributed by atoms with Gasteiger partial charge in [0, 0.05) is 48.4 Å². The largest absolute Gasteiger partial charge is 0.508 e. The van der Waals surface area contributed by atoms with E-state index in [1.165, 1.54) is 30.3 Å². The Hall–Kier alpha value is -5.51. The van der Waals surface area contributed by atoms with E-state index in [1.807, 2.05) is 0 Å². The first-order chi connectivity index (χ1) is 19.2. The number of rotatable bonds is 3. The van der Waals surface area contributed by atoms with Crippen LogP contribution in [0.15, 0.2) is 96.2 Å². The third-order valence-corrected chi connectivity index (χ3v) is 5.33. The van der Waals surface area contributed by atoms with E-state index in [2.05, 4.69) is 31.2 Å². The van der Waals surface area contributed by atoms with E-state index in [9.17, 15) is 34.2 Å². The van der Waals surface area contributed by atoms with Gasteiger partial charge in [0.1, 0.15) is 17.1 Å². The van der Waals surface area contributed by atoms with Crippen molar-refractivity contribution in [1.29, 1.82) is 0 Å². The molecule has 1 aliphatic carbocycles. The first-order valence-electron chi connectivity index (χ1n) is 11.7. The Labute approximate surface area is 229 Å². The van der Waals surface area contributed by atoms with Crippen molar-refractivity contribution in [2.45, 2.75) is 19.8 Å². The lowest BCUT2D eigenvalue weighted by molar-refractivity contribution is -0.195. The van der Waals surface area contributed by atoms with Crippen LogP contribution in [0.25, 0.3) is 33.4 Å². The minimum absolute atomic E-state index is 0.0198. The van der Waals surface area contributed by atoms with Gasteiger partial charge in [-0.2, -0.15) is 0 Å². The van der Waals surface area contributed by atoms with Gasteiger partial charge < -0.3 is 19.5 Å². The summed E-state index contributed by atoms with van der Waals surface area (Å²) in [5, 5.41) is 20.5. The molecule has 0 aromatic heterocycles. The maximum Gasteiger partial charge on any atom is 0.336 e. The van der Waals surface area contributed by atoms with Crippen LogP contribution in [0.1, 0.15) is 30.1 Å². The Morgan fingerprint density at radius 3 is 2.10 bits per heavy atom. The molecule has 0 spiro atoms. The summed E-state index contributed by atoms with van der Waals surface area (Å²) < 4.78 is 5.76. The number of aromatic carboxylic acids is 1. The number of phenols is 1. The molecule has 10 heteroatoms. The van der Waals surface area contributed by atoms with Crippen LogP contribution in [-0.2, 0) is 19.2 Å². The number of carbonyl (C=O) groups is 4. The van der Waals surface area contributed by atoms with E-state index in [-0.39, 0.29) is 29.6 Å². The minimum atomic E-state index is -1.04. The smallest absolute Gasteiger partial charge is 0.336 e. The van der Waals surface area contributed by atoms with Crippen LogP contribution in [0.4, 0.5) is 0 Å². The summed E-state index contributed by atoms with van der Waals surface area (Å²) in [5.41, 5.74) is 2.10. The Morgan fingerprint density at radius 2 is 1.50 bits per heavy atom. The summed E-state index contributed by atoms with van der Waals surface area (Å²) in [6, 6.07) is 15.7. The number of benzene rings is 3. The topological polar surface area (TPSA) is 151 Å². The van der Waals surface area contributed by atoms with Gasteiger partial charge in [-0.25, -0.2) is 9.59 Å². The molecule has 2 heterocycles. The van der Waals surface area contributed by atoms with Crippen molar-refractivity contribution < 1.29 is 38.6 Å². The van der Waals surface area contributed by atoms with Crippen molar-refractivity contribution in [3.05, 3.63) is 103 Å². The zero-order chi connectivity index (χ0) is 30.0. The van der Waals surface area contributed by atoms with Crippen LogP contribution in [0.2, 0.25) is 0 Å². The molecular formula is C30H27NO9. The standard InChI is InChI=1S/C20H12O5.C6H7NO4.2C2H4/c21-11-5-7-15-17(9-11)25-18-10-12(22)6-8-16(18)19(15)13-3-1-2-4-14(13)20(23)24;1-4(8)11-7-5(9)2-3-6(7)10;2*1-2/h1-10,21H,(H,23,24);2-3H2,1H3;2*1-2H2. The van der Waals surface area contributed by atoms with Gasteiger partial charge in [0.15, 0.2) is 5.43 Å². The molecule has 2 aromatic carbocycles. The number of imide groups is 1. The molecule has 2 aliphatic heterocycles. The zero-order valence-electron chi connectivity index (χ0n) is 21.7. The van der Waals surface area contributed by atoms with Gasteiger partial charge in [0.2, 0.25) is 0 Å². The number of carboxylic acids is 1. The summed E-state index contributed by atoms with van der Waals surface area (Å²) in [6.45, 7) is 13.1. The van der Waals surface area contributed by atoms with Crippen LogP contribution >= 0.6 is 0 Å². The number of carboxylic acid groups (broad SMARTS) is 1. The second-order valence-corrected chi connectivity index (χ2v) is 7.83. The number of hydroxylamine groups is 2. The Bertz CT molecular complexity index is 1570. The molecule has 0 unspecified atom stereocenters. The highest BCUT2D eigenvalue weighted by molar-refractivity contribution is 6.07. The molecule has 10 nitrogen and oxygen atoms in total. The van der Waals surface area contributed by atoms with Crippen molar-refractivity contribution in [1.82, 2.24) is 5.06 Å². The number of fused-ring (bicyclic) bond motifs is 2. The highest BCUT2D eigenvalue weighted by Crippen LogP contribution is 2.41. The maximum absolute atomic E-state index is 11.7. The Kier molecular flexibility index (Phi) is 10.6. The lowest BCUT2D eigenvalue weighted by atomic mass is 9.91. The third-order valence-electron chi connectivity index (χ3n) is 5.33. The summed E-state index contributed by atoms with van der Waals surface area (Å²) in [7, 11) is 0. The Balaban J connectivity index is 0.000000314. The van der Waals surface area contributed by atoms with Crippen molar-refractivity contribution in [3.8, 4) is 28.2 Å². The maximum atomic E-state index is 11.7. The van der Waals surface area contributed by atoms with E-state index in [1.54, 1.807) is 30.3 Å². The fourth-order valence-electron chi connectivity index (χ4n) is 3.82. The number of carbonyl (C=O) groups excluding carboxylic acids is 3. The normalized spacial score (nSPS) is 11.9. The average molecular weight is 546 g/mol. The van der Waals surface area contributed by atoms with Crippen LogP contribution < -0.4 is 5.43 Å². The SMILES string of the molecule is C=C.C=C.CC(=O)ON1C(=O)CCC1=O.O=C(O)c1ccccc1-c1c2ccc(=O)cc-2oc2cc(O)ccc12. The number of phenolic OH excluding ortho intramolecular Hbond substituents is 1. The van der Waals surface area contributed by atoms with E-state index >= 15 is 0 Å². The van der Waals surface area contributed by atoms with Crippen LogP contribution in [0.5, 0.6) is 5.75 Å². The highest BCUT2D eigenvalue weighted by atomic mass is 16.7. The van der Waals surface area contributed by atoms with Crippen LogP contribution in [-0.4, -0.2) is 39.0 Å². The van der Waals surface area contributed by atoms with Crippen molar-refractivity contribution in [2.24, 2.45) is 0 Å². The van der Waals surface area contributed by atoms with Gasteiger partial charge >= 0.3 is 11.9 Å². The summed E-state index contributed by atoms with van der Waals surface area (Å²) in [6.07, 6.45) is 0.262. The van der Waals surface area contributed by atoms with E-state index < -0.39 is 23.8 Å². The molecule has 0 radical (unpaired) electrons. The number of hydrogen-bond acceptors (Lipinski definition) is 8. The molecule has 0 bridgehead atoms. The second-order valence-electron chi connectivity index (χ2n) is 7.83. The summed E-state index contributed by atoms with van der Waals surface area (Å²) >= 11 is 0. The van der Waals surface area contributed by atoms with Gasteiger partial charge in [-0.1, -0.05) is 18.2 Å². The quantitative estimate of drug-likeness (QED) is 0.201. The van der Waals surface area contributed by atoms with Crippen LogP contribution in [0, 0.1) is 0 Å². The number of hydrogen-bond donors (Lipinski definition) is 2. The van der Waals surface area contributed by atoms with E-state index in [0.29, 0.717) is 38.5 Å². The number of aromatic hydroxyl groups is 1. The molecule has 0 saturated carbocycles. The van der Waals surface area contributed by atoms with Gasteiger partial charge in [-0.05, 0) is 35.9 Å². The van der Waals surface area contributed by atoms with Gasteiger partial charge in [-0.3, -0.25) is 14.4 Å². The van der Waals surface area contributed by atoms with Gasteiger partial charge in [0.25, 0.3) is 11.8 Å². The molecule has 2 amide bonds. The van der Waals surface area contributed by atoms with Crippen molar-refractivity contribution >= 4 is 34.7 Å². The van der Waals surface area contributed by atoms with Gasteiger partial charge in [0.05, 0.1) is 5.56 Å². The van der Waals surface area contributed by atoms with Crippen LogP contribution in [0.3, 0.4) is 0 Å². The summed E-state index contributed by atoms with van der Waals surface area (Å²) in [5.74, 6) is -2.26. The monoisotopic (exact) mass is 545 g/mol. The first-order valence-corrected chi connectivity index (χ1v) is 11.7. The lowest BCUT2D eigenvalue weighted by Gasteiger charge is -2.16. The minimum Gasteiger partial charge on any atom is -0.508 e. The number of nitrogens with zero attached hydrogens (tertiary/aromatic N) is 1. The van der Waals surface area contributed by atoms with E-state index in [4.69, 9.17) is 4.42 Å². The fraction of sp³-hybridized carbons (Fsp3) is 0.100. The summed E-state index contributed by atoms with van der Waals surface area (Å²) in [4.78, 5) is 59.5. The molecule has 1 fully saturated rings. The highest BCUT2D eigenvalue weighted by Gasteiger charge is 2.31. The molecule has 1 saturated heterocycles. The third kappa shape index (κ3) is 6.87. The molecule has 206 valence electrons. The molecule has 2 N–H and O–H groups in total. The molecule has 40 heavy (non-hydrogen) atoms. The Morgan fingerprint density at radius 1 is 0.875 bits per heavy atom. The van der Waals surface area contributed by atoms with Gasteiger partial charge in [-0.15, -0.1) is 31.4 Å². The molecular weight excluding hydrogens is 518 g/mol. The van der Waals surface area contributed by atoms with E-state index in [0.717, 1.165) is 6.92 Å². The first kappa shape index (κ1) is 30.7. The van der Waals surface area contributed by atoms with Crippen molar-refractivity contribution in [3.63, 3.8) is 0 Å². The number of amides is 2. The van der Waals surface area contributed by atoms with Crippen molar-refractivity contribution in [2.75, 3.05) is 0 Å². The lowest BCUT2D eigenvalue weighted by Crippen LogP contribution is -2.30. The predicted molar refractivity (Wildman–Crippen MR) is 149 cm³/mol. The molecule has 0 atom stereocenters. The fourth-order valence-corrected chi connectivity index (χ4v) is 3.82. The molecule has 3 aliphatic rings. The average Bonchev–Trinajstić information content (AvgIpc) is 3.26. The molecule has 2 aromatic rings. The predicted octanol–water partition coefficient (Wildman–Crippen LogP) is 5.19. The zero-order valence-corrected chi connectivity index (χ0v) is 21.7. The second kappa shape index (κ2) is 13.9.